The van der Waals surface area contributed by atoms with Crippen molar-refractivity contribution in [3.8, 4) is 0 Å². The van der Waals surface area contributed by atoms with Crippen LogP contribution in [-0.4, -0.2) is 59.0 Å². The van der Waals surface area contributed by atoms with Gasteiger partial charge in [-0.15, -0.1) is 0 Å². The summed E-state index contributed by atoms with van der Waals surface area (Å²) in [5.74, 6) is -3.87. The molecule has 0 bridgehead atoms. The van der Waals surface area contributed by atoms with E-state index < -0.39 is 53.9 Å². The van der Waals surface area contributed by atoms with Crippen LogP contribution >= 0.6 is 12.6 Å². The van der Waals surface area contributed by atoms with E-state index in [-0.39, 0.29) is 0 Å². The molecule has 4 N–H and O–H groups in total. The van der Waals surface area contributed by atoms with Gasteiger partial charge < -0.3 is 21.1 Å². The van der Waals surface area contributed by atoms with E-state index in [1.54, 1.807) is 30.3 Å². The van der Waals surface area contributed by atoms with Gasteiger partial charge >= 0.3 is 5.97 Å². The molecule has 1 aromatic rings. The summed E-state index contributed by atoms with van der Waals surface area (Å²) in [7, 11) is 0. The van der Waals surface area contributed by atoms with Crippen LogP contribution in [0.2, 0.25) is 0 Å². The monoisotopic (exact) mass is 381 g/mol. The molecule has 0 aliphatic carbocycles. The molecule has 1 rings (SSSR count). The summed E-state index contributed by atoms with van der Waals surface area (Å²) in [5.41, 5.74) is 0.305. The molecule has 1 aromatic carbocycles. The normalized spacial score (nSPS) is 12.4. The first-order valence-electron chi connectivity index (χ1n) is 7.50. The molecule has 0 saturated carbocycles. The van der Waals surface area contributed by atoms with E-state index in [1.165, 1.54) is 6.92 Å². The number of carbonyl (C=O) groups is 5. The van der Waals surface area contributed by atoms with Crippen LogP contribution in [-0.2, 0) is 19.2 Å². The molecule has 0 spiro atoms. The van der Waals surface area contributed by atoms with Gasteiger partial charge in [0.15, 0.2) is 10.5 Å². The average Bonchev–Trinajstić information content (AvgIpc) is 2.62. The third-order valence-corrected chi connectivity index (χ3v) is 3.62. The standard InChI is InChI=1S/C16H19N3O6S/c1-16(26,14(24)10-5-3-2-4-6-10)15(25)19-8-12(21)17-7-11(20)18-9-13(22)23/h2-6,26H,7-9H2,1H3,(H,17,21)(H,18,20)(H,19,25)(H,22,23)/t16-/m0/s1. The number of nitrogens with one attached hydrogen (secondary N) is 3. The van der Waals surface area contributed by atoms with Crippen LogP contribution in [0, 0.1) is 0 Å². The van der Waals surface area contributed by atoms with Crippen LogP contribution in [0.1, 0.15) is 17.3 Å². The molecule has 0 aliphatic rings. The van der Waals surface area contributed by atoms with Crippen molar-refractivity contribution >= 4 is 42.1 Å². The molecule has 0 aliphatic heterocycles. The predicted octanol–water partition coefficient (Wildman–Crippen LogP) is -1.01. The van der Waals surface area contributed by atoms with Crippen molar-refractivity contribution in [1.82, 2.24) is 16.0 Å². The topological polar surface area (TPSA) is 142 Å². The second kappa shape index (κ2) is 9.56. The number of rotatable bonds is 9. The Kier molecular flexibility index (Phi) is 7.78. The van der Waals surface area contributed by atoms with Crippen LogP contribution < -0.4 is 16.0 Å². The van der Waals surface area contributed by atoms with Crippen LogP contribution in [0.3, 0.4) is 0 Å². The Bertz CT molecular complexity index is 705. The zero-order valence-electron chi connectivity index (χ0n) is 13.9. The Morgan fingerprint density at radius 2 is 1.42 bits per heavy atom. The van der Waals surface area contributed by atoms with E-state index in [1.807, 2.05) is 0 Å². The van der Waals surface area contributed by atoms with E-state index in [2.05, 4.69) is 28.6 Å². The Morgan fingerprint density at radius 3 is 1.96 bits per heavy atom. The number of amides is 3. The molecular weight excluding hydrogens is 362 g/mol. The molecule has 3 amide bonds. The summed E-state index contributed by atoms with van der Waals surface area (Å²) in [6.45, 7) is -0.157. The fraction of sp³-hybridized carbons (Fsp3) is 0.312. The molecule has 0 radical (unpaired) electrons. The van der Waals surface area contributed by atoms with Crippen molar-refractivity contribution in [2.24, 2.45) is 0 Å². The largest absolute Gasteiger partial charge is 0.480 e. The van der Waals surface area contributed by atoms with Gasteiger partial charge in [0.2, 0.25) is 17.7 Å². The summed E-state index contributed by atoms with van der Waals surface area (Å²) in [5, 5.41) is 14.9. The van der Waals surface area contributed by atoms with Gasteiger partial charge in [0, 0.05) is 5.56 Å². The maximum atomic E-state index is 12.4. The minimum atomic E-state index is -1.68. The fourth-order valence-corrected chi connectivity index (χ4v) is 1.99. The highest BCUT2D eigenvalue weighted by atomic mass is 32.1. The number of hydrogen-bond donors (Lipinski definition) is 5. The molecule has 0 unspecified atom stereocenters. The van der Waals surface area contributed by atoms with Crippen LogP contribution in [0.25, 0.3) is 0 Å². The van der Waals surface area contributed by atoms with Crippen molar-refractivity contribution in [3.63, 3.8) is 0 Å². The van der Waals surface area contributed by atoms with Crippen LogP contribution in [0.5, 0.6) is 0 Å². The lowest BCUT2D eigenvalue weighted by molar-refractivity contribution is -0.137. The Labute approximate surface area is 154 Å². The number of Topliss-reactive ketones (excluding diaryl/α,β-unsaturated/α-hetero) is 1. The molecular formula is C16H19N3O6S. The first-order valence-corrected chi connectivity index (χ1v) is 7.95. The number of benzene rings is 1. The maximum Gasteiger partial charge on any atom is 0.322 e. The lowest BCUT2D eigenvalue weighted by Gasteiger charge is -2.21. The van der Waals surface area contributed by atoms with Gasteiger partial charge in [0.05, 0.1) is 13.1 Å². The number of carbonyl (C=O) groups excluding carboxylic acids is 4. The van der Waals surface area contributed by atoms with Gasteiger partial charge in [-0.05, 0) is 6.92 Å². The van der Waals surface area contributed by atoms with Gasteiger partial charge in [0.1, 0.15) is 6.54 Å². The van der Waals surface area contributed by atoms with Crippen molar-refractivity contribution in [2.45, 2.75) is 11.7 Å². The number of carboxylic acid groups (broad SMARTS) is 1. The number of hydrogen-bond acceptors (Lipinski definition) is 6. The summed E-state index contributed by atoms with van der Waals surface area (Å²) in [6, 6.07) is 8.12. The van der Waals surface area contributed by atoms with Gasteiger partial charge in [-0.25, -0.2) is 0 Å². The lowest BCUT2D eigenvalue weighted by Crippen LogP contribution is -2.49. The molecule has 1 atom stereocenters. The molecule has 9 nitrogen and oxygen atoms in total. The summed E-state index contributed by atoms with van der Waals surface area (Å²) in [4.78, 5) is 57.7. The molecule has 140 valence electrons. The minimum Gasteiger partial charge on any atom is -0.480 e. The fourth-order valence-electron chi connectivity index (χ4n) is 1.78. The predicted molar refractivity (Wildman–Crippen MR) is 94.8 cm³/mol. The van der Waals surface area contributed by atoms with Gasteiger partial charge in [0.25, 0.3) is 0 Å². The van der Waals surface area contributed by atoms with Gasteiger partial charge in [-0.2, -0.15) is 12.6 Å². The van der Waals surface area contributed by atoms with E-state index in [0.29, 0.717) is 5.56 Å². The third kappa shape index (κ3) is 6.55. The van der Waals surface area contributed by atoms with E-state index in [9.17, 15) is 24.0 Å². The molecule has 26 heavy (non-hydrogen) atoms. The number of carboxylic acids is 1. The van der Waals surface area contributed by atoms with Gasteiger partial charge in [-0.3, -0.25) is 24.0 Å². The summed E-state index contributed by atoms with van der Waals surface area (Å²) < 4.78 is -1.68. The van der Waals surface area contributed by atoms with Crippen LogP contribution in [0.15, 0.2) is 30.3 Å². The van der Waals surface area contributed by atoms with Gasteiger partial charge in [-0.1, -0.05) is 30.3 Å². The van der Waals surface area contributed by atoms with Crippen LogP contribution in [0.4, 0.5) is 0 Å². The minimum absolute atomic E-state index is 0.305. The Balaban J connectivity index is 2.47. The van der Waals surface area contributed by atoms with E-state index in [0.717, 1.165) is 0 Å². The van der Waals surface area contributed by atoms with Crippen molar-refractivity contribution in [3.05, 3.63) is 35.9 Å². The number of aliphatic carboxylic acids is 1. The molecule has 0 heterocycles. The lowest BCUT2D eigenvalue weighted by atomic mass is 9.97. The third-order valence-electron chi connectivity index (χ3n) is 3.21. The first-order chi connectivity index (χ1) is 12.1. The second-order valence-electron chi connectivity index (χ2n) is 5.40. The zero-order valence-corrected chi connectivity index (χ0v) is 14.8. The highest BCUT2D eigenvalue weighted by Crippen LogP contribution is 2.20. The highest BCUT2D eigenvalue weighted by molar-refractivity contribution is 7.83. The van der Waals surface area contributed by atoms with E-state index in [4.69, 9.17) is 5.11 Å². The summed E-state index contributed by atoms with van der Waals surface area (Å²) in [6.07, 6.45) is 0. The van der Waals surface area contributed by atoms with Crippen molar-refractivity contribution < 1.29 is 29.1 Å². The SMILES string of the molecule is C[C@@](S)(C(=O)NCC(=O)NCC(=O)NCC(=O)O)C(=O)c1ccccc1. The molecule has 0 fully saturated rings. The van der Waals surface area contributed by atoms with Crippen molar-refractivity contribution in [1.29, 1.82) is 0 Å². The molecule has 0 saturated heterocycles. The van der Waals surface area contributed by atoms with Crippen molar-refractivity contribution in [2.75, 3.05) is 19.6 Å². The number of ketones is 1. The molecule has 10 heteroatoms. The molecule has 0 aromatic heterocycles. The highest BCUT2D eigenvalue weighted by Gasteiger charge is 2.37. The average molecular weight is 381 g/mol. The first kappa shape index (κ1) is 21.2. The van der Waals surface area contributed by atoms with E-state index >= 15 is 0 Å². The quantitative estimate of drug-likeness (QED) is 0.211. The summed E-state index contributed by atoms with van der Waals surface area (Å²) >= 11 is 4.11. The second-order valence-corrected chi connectivity index (χ2v) is 6.29. The number of thiol groups is 1. The maximum absolute atomic E-state index is 12.4. The Hall–Kier alpha value is -2.88. The zero-order chi connectivity index (χ0) is 19.7. The smallest absolute Gasteiger partial charge is 0.322 e. The Morgan fingerprint density at radius 1 is 0.923 bits per heavy atom.